The molecule has 0 bridgehead atoms. The number of benzene rings is 1. The average Bonchev–Trinajstić information content (AvgIpc) is 3.26. The molecule has 26 heavy (non-hydrogen) atoms. The van der Waals surface area contributed by atoms with Crippen molar-refractivity contribution < 1.29 is 18.7 Å². The number of nitrogens with one attached hydrogen (secondary N) is 1. The predicted molar refractivity (Wildman–Crippen MR) is 99.3 cm³/mol. The highest BCUT2D eigenvalue weighted by Gasteiger charge is 2.46. The van der Waals surface area contributed by atoms with E-state index < -0.39 is 12.2 Å². The van der Waals surface area contributed by atoms with Crippen LogP contribution < -0.4 is 15.1 Å². The van der Waals surface area contributed by atoms with Crippen LogP contribution in [-0.2, 0) is 9.53 Å². The standard InChI is InChI=1S/C18H22FN3O3S/c1-12(23)20-9-14-10-22(17(24)25-14)13-2-3-16(15(19)8-13)21-6-4-18(5-7-21)11-26-18/h2-3,8,14H,4-7,9-11H2,1H3,(H,20,23)/t14-/m0/s1. The highest BCUT2D eigenvalue weighted by molar-refractivity contribution is 8.07. The smallest absolute Gasteiger partial charge is 0.414 e. The first-order valence-corrected chi connectivity index (χ1v) is 9.85. The quantitative estimate of drug-likeness (QED) is 0.814. The molecule has 3 saturated heterocycles. The lowest BCUT2D eigenvalue weighted by molar-refractivity contribution is -0.119. The maximum atomic E-state index is 14.7. The third-order valence-corrected chi connectivity index (χ3v) is 6.78. The molecule has 6 nitrogen and oxygen atoms in total. The molecule has 0 radical (unpaired) electrons. The van der Waals surface area contributed by atoms with Crippen molar-refractivity contribution in [3.8, 4) is 0 Å². The summed E-state index contributed by atoms with van der Waals surface area (Å²) in [6.45, 7) is 3.70. The molecule has 3 aliphatic heterocycles. The summed E-state index contributed by atoms with van der Waals surface area (Å²) in [6.07, 6.45) is 1.26. The first kappa shape index (κ1) is 17.5. The van der Waals surface area contributed by atoms with Crippen molar-refractivity contribution in [2.24, 2.45) is 0 Å². The van der Waals surface area contributed by atoms with Gasteiger partial charge in [0.15, 0.2) is 0 Å². The molecule has 3 fully saturated rings. The van der Waals surface area contributed by atoms with Gasteiger partial charge in [0.2, 0.25) is 5.91 Å². The van der Waals surface area contributed by atoms with E-state index >= 15 is 0 Å². The molecule has 0 aliphatic carbocycles. The highest BCUT2D eigenvalue weighted by Crippen LogP contribution is 2.52. The SMILES string of the molecule is CC(=O)NC[C@H]1CN(c2ccc(N3CCC4(CC3)CS4)c(F)c2)C(=O)O1. The Morgan fingerprint density at radius 3 is 2.77 bits per heavy atom. The molecule has 1 spiro atoms. The van der Waals surface area contributed by atoms with Gasteiger partial charge < -0.3 is 15.0 Å². The van der Waals surface area contributed by atoms with E-state index in [-0.39, 0.29) is 18.3 Å². The fourth-order valence-electron chi connectivity index (χ4n) is 3.56. The van der Waals surface area contributed by atoms with Crippen molar-refractivity contribution in [2.45, 2.75) is 30.6 Å². The van der Waals surface area contributed by atoms with Crippen LogP contribution in [-0.4, -0.2) is 54.8 Å². The molecule has 0 saturated carbocycles. The van der Waals surface area contributed by atoms with Crippen LogP contribution in [0.3, 0.4) is 0 Å². The van der Waals surface area contributed by atoms with Crippen molar-refractivity contribution >= 4 is 35.1 Å². The minimum Gasteiger partial charge on any atom is -0.442 e. The number of nitrogens with zero attached hydrogens (tertiary/aromatic N) is 2. The molecule has 3 aliphatic rings. The summed E-state index contributed by atoms with van der Waals surface area (Å²) in [4.78, 5) is 26.5. The Balaban J connectivity index is 1.42. The number of amides is 2. The topological polar surface area (TPSA) is 61.9 Å². The minimum atomic E-state index is -0.516. The van der Waals surface area contributed by atoms with Gasteiger partial charge >= 0.3 is 6.09 Å². The first-order chi connectivity index (χ1) is 12.5. The molecule has 0 unspecified atom stereocenters. The van der Waals surface area contributed by atoms with Crippen molar-refractivity contribution in [3.05, 3.63) is 24.0 Å². The van der Waals surface area contributed by atoms with Gasteiger partial charge in [0.05, 0.1) is 24.5 Å². The average molecular weight is 379 g/mol. The largest absolute Gasteiger partial charge is 0.442 e. The summed E-state index contributed by atoms with van der Waals surface area (Å²) < 4.78 is 20.4. The number of carbonyl (C=O) groups excluding carboxylic acids is 2. The Morgan fingerprint density at radius 1 is 1.42 bits per heavy atom. The van der Waals surface area contributed by atoms with E-state index in [1.54, 1.807) is 12.1 Å². The van der Waals surface area contributed by atoms with Crippen LogP contribution in [0.15, 0.2) is 18.2 Å². The van der Waals surface area contributed by atoms with Crippen molar-refractivity contribution in [3.63, 3.8) is 0 Å². The summed E-state index contributed by atoms with van der Waals surface area (Å²) in [5.41, 5.74) is 1.07. The maximum absolute atomic E-state index is 14.7. The molecule has 1 atom stereocenters. The van der Waals surface area contributed by atoms with E-state index in [0.717, 1.165) is 25.9 Å². The molecule has 140 valence electrons. The molecule has 0 aromatic heterocycles. The second-order valence-corrected chi connectivity index (χ2v) is 8.59. The van der Waals surface area contributed by atoms with Crippen molar-refractivity contribution in [1.29, 1.82) is 0 Å². The normalized spacial score (nSPS) is 23.9. The summed E-state index contributed by atoms with van der Waals surface area (Å²) in [5.74, 6) is 0.738. The number of cyclic esters (lactones) is 1. The van der Waals surface area contributed by atoms with Crippen molar-refractivity contribution in [1.82, 2.24) is 5.32 Å². The Labute approximate surface area is 156 Å². The number of rotatable bonds is 4. The zero-order chi connectivity index (χ0) is 18.3. The molecule has 1 aromatic rings. The number of halogens is 1. The molecule has 4 rings (SSSR count). The number of ether oxygens (including phenoxy) is 1. The molecule has 3 heterocycles. The van der Waals surface area contributed by atoms with E-state index in [4.69, 9.17) is 4.74 Å². The van der Waals surface area contributed by atoms with E-state index in [2.05, 4.69) is 10.2 Å². The second kappa shape index (κ2) is 6.64. The summed E-state index contributed by atoms with van der Waals surface area (Å²) in [7, 11) is 0. The van der Waals surface area contributed by atoms with Gasteiger partial charge in [0, 0.05) is 30.5 Å². The van der Waals surface area contributed by atoms with Gasteiger partial charge in [-0.1, -0.05) is 0 Å². The van der Waals surface area contributed by atoms with Crippen LogP contribution in [0.5, 0.6) is 0 Å². The van der Waals surface area contributed by atoms with E-state index in [9.17, 15) is 14.0 Å². The molecule has 1 N–H and O–H groups in total. The van der Waals surface area contributed by atoms with E-state index in [1.165, 1.54) is 23.6 Å². The monoisotopic (exact) mass is 379 g/mol. The lowest BCUT2D eigenvalue weighted by atomic mass is 9.98. The molecular weight excluding hydrogens is 357 g/mol. The van der Waals surface area contributed by atoms with Crippen LogP contribution >= 0.6 is 11.8 Å². The van der Waals surface area contributed by atoms with Crippen molar-refractivity contribution in [2.75, 3.05) is 41.7 Å². The zero-order valence-corrected chi connectivity index (χ0v) is 15.5. The van der Waals surface area contributed by atoms with Crippen LogP contribution in [0.1, 0.15) is 19.8 Å². The van der Waals surface area contributed by atoms with Gasteiger partial charge in [-0.3, -0.25) is 9.69 Å². The fraction of sp³-hybridized carbons (Fsp3) is 0.556. The predicted octanol–water partition coefficient (Wildman–Crippen LogP) is 2.37. The second-order valence-electron chi connectivity index (χ2n) is 7.15. The van der Waals surface area contributed by atoms with Crippen LogP contribution in [0, 0.1) is 5.82 Å². The maximum Gasteiger partial charge on any atom is 0.414 e. The number of thioether (sulfide) groups is 1. The van der Waals surface area contributed by atoms with Crippen LogP contribution in [0.25, 0.3) is 0 Å². The Kier molecular flexibility index (Phi) is 4.46. The molecular formula is C18H22FN3O3S. The zero-order valence-electron chi connectivity index (χ0n) is 14.7. The van der Waals surface area contributed by atoms with Gasteiger partial charge in [-0.2, -0.15) is 11.8 Å². The van der Waals surface area contributed by atoms with E-state index in [0.29, 0.717) is 22.7 Å². The third-order valence-electron chi connectivity index (χ3n) is 5.26. The number of hydrogen-bond donors (Lipinski definition) is 1. The lowest BCUT2D eigenvalue weighted by Crippen LogP contribution is -2.37. The van der Waals surface area contributed by atoms with Gasteiger partial charge in [-0.25, -0.2) is 9.18 Å². The lowest BCUT2D eigenvalue weighted by Gasteiger charge is -2.33. The molecule has 2 amide bonds. The van der Waals surface area contributed by atoms with Crippen LogP contribution in [0.2, 0.25) is 0 Å². The third kappa shape index (κ3) is 3.47. The molecule has 8 heteroatoms. The number of anilines is 2. The fourth-order valence-corrected chi connectivity index (χ4v) is 4.53. The van der Waals surface area contributed by atoms with Gasteiger partial charge in [0.25, 0.3) is 0 Å². The number of hydrogen-bond acceptors (Lipinski definition) is 5. The first-order valence-electron chi connectivity index (χ1n) is 8.87. The Morgan fingerprint density at radius 2 is 2.15 bits per heavy atom. The summed E-state index contributed by atoms with van der Waals surface area (Å²) >= 11 is 2.01. The minimum absolute atomic E-state index is 0.178. The van der Waals surface area contributed by atoms with Gasteiger partial charge in [-0.05, 0) is 31.0 Å². The number of carbonyl (C=O) groups is 2. The van der Waals surface area contributed by atoms with Gasteiger partial charge in [-0.15, -0.1) is 0 Å². The number of piperidine rings is 1. The van der Waals surface area contributed by atoms with Gasteiger partial charge in [0.1, 0.15) is 11.9 Å². The van der Waals surface area contributed by atoms with E-state index in [1.807, 2.05) is 11.8 Å². The highest BCUT2D eigenvalue weighted by atomic mass is 32.2. The molecule has 1 aromatic carbocycles. The summed E-state index contributed by atoms with van der Waals surface area (Å²) in [6, 6.07) is 4.90. The van der Waals surface area contributed by atoms with Crippen LogP contribution in [0.4, 0.5) is 20.6 Å². The Hall–Kier alpha value is -1.96. The summed E-state index contributed by atoms with van der Waals surface area (Å²) in [5, 5.41) is 2.63. The Bertz CT molecular complexity index is 730.